The molecule has 0 saturated carbocycles. The zero-order valence-electron chi connectivity index (χ0n) is 19.4. The second-order valence-electron chi connectivity index (χ2n) is 7.84. The number of hydrogen-bond donors (Lipinski definition) is 3. The Morgan fingerprint density at radius 1 is 1.11 bits per heavy atom. The lowest BCUT2D eigenvalue weighted by atomic mass is 10.1. The van der Waals surface area contributed by atoms with Crippen LogP contribution in [-0.4, -0.2) is 56.8 Å². The van der Waals surface area contributed by atoms with Crippen LogP contribution in [0.25, 0.3) is 6.08 Å². The number of aromatic hydroxyl groups is 1. The van der Waals surface area contributed by atoms with E-state index >= 15 is 0 Å². The van der Waals surface area contributed by atoms with Gasteiger partial charge in [0.15, 0.2) is 0 Å². The monoisotopic (exact) mass is 528 g/mol. The summed E-state index contributed by atoms with van der Waals surface area (Å²) in [5.74, 6) is -2.54. The Kier molecular flexibility index (Phi) is 9.20. The molecule has 36 heavy (non-hydrogen) atoms. The van der Waals surface area contributed by atoms with Gasteiger partial charge >= 0.3 is 11.9 Å². The Bertz CT molecular complexity index is 1230. The number of carbonyl (C=O) groups excluding carboxylic acids is 3. The van der Waals surface area contributed by atoms with Crippen LogP contribution in [0.15, 0.2) is 47.4 Å². The lowest BCUT2D eigenvalue weighted by Gasteiger charge is -2.14. The predicted molar refractivity (Wildman–Crippen MR) is 140 cm³/mol. The summed E-state index contributed by atoms with van der Waals surface area (Å²) in [4.78, 5) is 49.4. The molecule has 1 fully saturated rings. The molecular weight excluding hydrogens is 504 g/mol. The fraction of sp³-hybridized carbons (Fsp3) is 0.240. The minimum atomic E-state index is -1.25. The quantitative estimate of drug-likeness (QED) is 0.179. The number of rotatable bonds is 10. The van der Waals surface area contributed by atoms with Crippen LogP contribution in [0.5, 0.6) is 5.75 Å². The normalized spacial score (nSPS) is 14.2. The molecule has 1 aliphatic heterocycles. The van der Waals surface area contributed by atoms with Crippen molar-refractivity contribution in [3.8, 4) is 5.75 Å². The van der Waals surface area contributed by atoms with E-state index < -0.39 is 17.7 Å². The number of ether oxygens (including phenoxy) is 1. The molecule has 0 radical (unpaired) electrons. The summed E-state index contributed by atoms with van der Waals surface area (Å²) in [5, 5.41) is 21.3. The molecule has 2 aromatic rings. The summed E-state index contributed by atoms with van der Waals surface area (Å²) in [5.41, 5.74) is 1.26. The molecule has 0 bridgehead atoms. The molecular formula is C25H24N2O7S2. The SMILES string of the molecule is COC(=O)c1ccc(C=C2SC(=S)N(CCCCCC(=O)Nc3ccc(C(=O)O)c(O)c3)C2=O)cc1. The van der Waals surface area contributed by atoms with Crippen molar-refractivity contribution in [1.29, 1.82) is 0 Å². The van der Waals surface area contributed by atoms with Gasteiger partial charge in [0.1, 0.15) is 15.6 Å². The number of carboxylic acid groups (broad SMARTS) is 1. The van der Waals surface area contributed by atoms with Gasteiger partial charge in [-0.25, -0.2) is 9.59 Å². The van der Waals surface area contributed by atoms with Gasteiger partial charge < -0.3 is 20.3 Å². The molecule has 188 valence electrons. The maximum absolute atomic E-state index is 12.8. The first-order valence-electron chi connectivity index (χ1n) is 11.0. The molecule has 3 rings (SSSR count). The van der Waals surface area contributed by atoms with Crippen LogP contribution in [0.2, 0.25) is 0 Å². The number of esters is 1. The van der Waals surface area contributed by atoms with Crippen molar-refractivity contribution < 1.29 is 34.1 Å². The molecule has 0 aromatic heterocycles. The summed E-state index contributed by atoms with van der Waals surface area (Å²) in [6.45, 7) is 0.440. The molecule has 0 spiro atoms. The summed E-state index contributed by atoms with van der Waals surface area (Å²) in [6, 6.07) is 10.5. The van der Waals surface area contributed by atoms with E-state index in [9.17, 15) is 24.3 Å². The molecule has 1 heterocycles. The summed E-state index contributed by atoms with van der Waals surface area (Å²) in [7, 11) is 1.31. The minimum absolute atomic E-state index is 0.176. The van der Waals surface area contributed by atoms with Gasteiger partial charge in [-0.2, -0.15) is 0 Å². The second-order valence-corrected chi connectivity index (χ2v) is 9.52. The van der Waals surface area contributed by atoms with Gasteiger partial charge in [0.05, 0.1) is 17.6 Å². The minimum Gasteiger partial charge on any atom is -0.507 e. The zero-order valence-corrected chi connectivity index (χ0v) is 21.0. The molecule has 0 unspecified atom stereocenters. The molecule has 9 nitrogen and oxygen atoms in total. The van der Waals surface area contributed by atoms with Crippen molar-refractivity contribution >= 4 is 63.8 Å². The van der Waals surface area contributed by atoms with E-state index in [0.717, 1.165) is 5.56 Å². The number of phenols is 1. The Hall–Kier alpha value is -3.70. The second kappa shape index (κ2) is 12.3. The van der Waals surface area contributed by atoms with Crippen LogP contribution >= 0.6 is 24.0 Å². The van der Waals surface area contributed by atoms with Crippen molar-refractivity contribution in [2.45, 2.75) is 25.7 Å². The number of nitrogens with one attached hydrogen (secondary N) is 1. The number of benzene rings is 2. The van der Waals surface area contributed by atoms with Crippen LogP contribution in [0.1, 0.15) is 52.0 Å². The van der Waals surface area contributed by atoms with Crippen molar-refractivity contribution in [1.82, 2.24) is 4.90 Å². The van der Waals surface area contributed by atoms with Gasteiger partial charge in [-0.05, 0) is 48.7 Å². The first kappa shape index (κ1) is 26.9. The number of nitrogens with zero attached hydrogens (tertiary/aromatic N) is 1. The number of hydrogen-bond acceptors (Lipinski definition) is 8. The average Bonchev–Trinajstić information content (AvgIpc) is 3.10. The van der Waals surface area contributed by atoms with E-state index in [1.807, 2.05) is 0 Å². The third-order valence-corrected chi connectivity index (χ3v) is 6.68. The highest BCUT2D eigenvalue weighted by Gasteiger charge is 2.31. The first-order valence-corrected chi connectivity index (χ1v) is 12.2. The van der Waals surface area contributed by atoms with Crippen molar-refractivity contribution in [2.24, 2.45) is 0 Å². The molecule has 3 N–H and O–H groups in total. The van der Waals surface area contributed by atoms with Crippen molar-refractivity contribution in [2.75, 3.05) is 19.0 Å². The highest BCUT2D eigenvalue weighted by atomic mass is 32.2. The van der Waals surface area contributed by atoms with Crippen molar-refractivity contribution in [3.63, 3.8) is 0 Å². The third kappa shape index (κ3) is 6.92. The van der Waals surface area contributed by atoms with Gasteiger partial charge in [0, 0.05) is 24.7 Å². The first-order chi connectivity index (χ1) is 17.2. The van der Waals surface area contributed by atoms with Gasteiger partial charge in [-0.15, -0.1) is 0 Å². The maximum atomic E-state index is 12.8. The van der Waals surface area contributed by atoms with E-state index in [0.29, 0.717) is 46.3 Å². The fourth-order valence-electron chi connectivity index (χ4n) is 3.42. The third-order valence-electron chi connectivity index (χ3n) is 5.30. The van der Waals surface area contributed by atoms with E-state index in [-0.39, 0.29) is 23.8 Å². The molecule has 2 amide bonds. The number of amides is 2. The number of carboxylic acids is 1. The molecule has 1 saturated heterocycles. The summed E-state index contributed by atoms with van der Waals surface area (Å²) in [6.07, 6.45) is 3.91. The average molecular weight is 529 g/mol. The smallest absolute Gasteiger partial charge is 0.339 e. The van der Waals surface area contributed by atoms with Crippen LogP contribution in [0.3, 0.4) is 0 Å². The number of carbonyl (C=O) groups is 4. The number of unbranched alkanes of at least 4 members (excludes halogenated alkanes) is 2. The van der Waals surface area contributed by atoms with Crippen molar-refractivity contribution in [3.05, 3.63) is 64.1 Å². The topological polar surface area (TPSA) is 133 Å². The Morgan fingerprint density at radius 2 is 1.83 bits per heavy atom. The van der Waals surface area contributed by atoms with E-state index in [1.54, 1.807) is 35.2 Å². The lowest BCUT2D eigenvalue weighted by Crippen LogP contribution is -2.29. The Morgan fingerprint density at radius 3 is 2.47 bits per heavy atom. The Labute approximate surface area is 217 Å². The number of methoxy groups -OCH3 is 1. The lowest BCUT2D eigenvalue weighted by molar-refractivity contribution is -0.122. The number of thiocarbonyl (C=S) groups is 1. The molecule has 11 heteroatoms. The highest BCUT2D eigenvalue weighted by Crippen LogP contribution is 2.33. The van der Waals surface area contributed by atoms with Gasteiger partial charge in [0.2, 0.25) is 5.91 Å². The molecule has 0 atom stereocenters. The predicted octanol–water partition coefficient (Wildman–Crippen LogP) is 4.28. The van der Waals surface area contributed by atoms with E-state index in [2.05, 4.69) is 10.1 Å². The van der Waals surface area contributed by atoms with Gasteiger partial charge in [-0.1, -0.05) is 42.5 Å². The summed E-state index contributed by atoms with van der Waals surface area (Å²) >= 11 is 6.58. The number of thioether (sulfide) groups is 1. The molecule has 0 aliphatic carbocycles. The van der Waals surface area contributed by atoms with Gasteiger partial charge in [0.25, 0.3) is 5.91 Å². The van der Waals surface area contributed by atoms with Crippen LogP contribution in [-0.2, 0) is 14.3 Å². The number of anilines is 1. The fourth-order valence-corrected chi connectivity index (χ4v) is 4.73. The largest absolute Gasteiger partial charge is 0.507 e. The molecule has 1 aliphatic rings. The summed E-state index contributed by atoms with van der Waals surface area (Å²) < 4.78 is 5.15. The highest BCUT2D eigenvalue weighted by molar-refractivity contribution is 8.26. The van der Waals surface area contributed by atoms with E-state index in [4.69, 9.17) is 17.3 Å². The van der Waals surface area contributed by atoms with Crippen LogP contribution < -0.4 is 5.32 Å². The molecule has 2 aromatic carbocycles. The van der Waals surface area contributed by atoms with E-state index in [1.165, 1.54) is 37.1 Å². The number of aromatic carboxylic acids is 1. The van der Waals surface area contributed by atoms with Gasteiger partial charge in [-0.3, -0.25) is 14.5 Å². The van der Waals surface area contributed by atoms with Crippen LogP contribution in [0, 0.1) is 0 Å². The Balaban J connectivity index is 1.43. The zero-order chi connectivity index (χ0) is 26.2. The maximum Gasteiger partial charge on any atom is 0.339 e. The van der Waals surface area contributed by atoms with Crippen LogP contribution in [0.4, 0.5) is 5.69 Å². The standard InChI is InChI=1S/C25H24N2O7S2/c1-34-24(33)16-8-6-15(7-9-16)13-20-22(30)27(25(35)36-20)12-4-2-3-5-21(29)26-17-10-11-18(23(31)32)19(28)14-17/h6-11,13-14,28H,2-5,12H2,1H3,(H,26,29)(H,31,32).